The average molecular weight is 230 g/mol. The van der Waals surface area contributed by atoms with Crippen molar-refractivity contribution in [3.8, 4) is 0 Å². The van der Waals surface area contributed by atoms with Crippen LogP contribution in [0.5, 0.6) is 0 Å². The van der Waals surface area contributed by atoms with Crippen LogP contribution in [0.25, 0.3) is 0 Å². The number of amides is 1. The molecule has 0 atom stereocenters. The van der Waals surface area contributed by atoms with Gasteiger partial charge in [-0.1, -0.05) is 0 Å². The molecule has 1 amide bonds. The van der Waals surface area contributed by atoms with E-state index >= 15 is 0 Å². The summed E-state index contributed by atoms with van der Waals surface area (Å²) in [5.74, 6) is -0.144. The third kappa shape index (κ3) is 2.84. The van der Waals surface area contributed by atoms with Crippen LogP contribution in [0.4, 0.5) is 5.69 Å². The van der Waals surface area contributed by atoms with Gasteiger partial charge in [-0.25, -0.2) is 0 Å². The molecule has 5 nitrogen and oxygen atoms in total. The second kappa shape index (κ2) is 4.69. The first-order valence-electron chi connectivity index (χ1n) is 5.29. The third-order valence-corrected chi connectivity index (χ3v) is 2.36. The fourth-order valence-electron chi connectivity index (χ4n) is 1.60. The molecule has 0 aliphatic heterocycles. The van der Waals surface area contributed by atoms with Crippen molar-refractivity contribution in [3.63, 3.8) is 0 Å². The van der Waals surface area contributed by atoms with Gasteiger partial charge in [-0.3, -0.25) is 9.89 Å². The van der Waals surface area contributed by atoms with E-state index in [4.69, 9.17) is 5.73 Å². The molecule has 5 heteroatoms. The van der Waals surface area contributed by atoms with Gasteiger partial charge in [0.1, 0.15) is 0 Å². The second-order valence-corrected chi connectivity index (χ2v) is 3.90. The van der Waals surface area contributed by atoms with E-state index in [2.05, 4.69) is 15.5 Å². The molecular formula is C12H14N4O. The lowest BCUT2D eigenvalue weighted by Crippen LogP contribution is -2.23. The van der Waals surface area contributed by atoms with E-state index in [1.54, 1.807) is 18.3 Å². The summed E-state index contributed by atoms with van der Waals surface area (Å²) in [5, 5.41) is 9.37. The quantitative estimate of drug-likeness (QED) is 0.693. The largest absolute Gasteiger partial charge is 0.399 e. The Balaban J connectivity index is 2.04. The van der Waals surface area contributed by atoms with Gasteiger partial charge in [0.15, 0.2) is 0 Å². The highest BCUT2D eigenvalue weighted by Gasteiger charge is 2.06. The Morgan fingerprint density at radius 1 is 1.47 bits per heavy atom. The van der Waals surface area contributed by atoms with Gasteiger partial charge in [-0.15, -0.1) is 0 Å². The van der Waals surface area contributed by atoms with Gasteiger partial charge in [0, 0.05) is 17.4 Å². The van der Waals surface area contributed by atoms with E-state index in [1.165, 1.54) is 0 Å². The Morgan fingerprint density at radius 3 is 2.94 bits per heavy atom. The molecule has 0 aliphatic carbocycles. The first-order valence-corrected chi connectivity index (χ1v) is 5.29. The Kier molecular flexibility index (Phi) is 3.09. The lowest BCUT2D eigenvalue weighted by Gasteiger charge is -2.05. The summed E-state index contributed by atoms with van der Waals surface area (Å²) >= 11 is 0. The summed E-state index contributed by atoms with van der Waals surface area (Å²) in [6.07, 6.45) is 1.64. The number of aromatic amines is 1. The lowest BCUT2D eigenvalue weighted by molar-refractivity contribution is 0.0950. The van der Waals surface area contributed by atoms with Crippen molar-refractivity contribution in [1.29, 1.82) is 0 Å². The summed E-state index contributed by atoms with van der Waals surface area (Å²) in [6, 6.07) is 7.10. The number of anilines is 1. The predicted octanol–water partition coefficient (Wildman–Crippen LogP) is 1.23. The standard InChI is InChI=1S/C12H14N4O/c1-8-4-9(6-10(13)5-8)12(17)14-7-11-2-3-15-16-11/h2-6H,7,13H2,1H3,(H,14,17)(H,15,16). The molecule has 1 aromatic carbocycles. The van der Waals surface area contributed by atoms with E-state index in [0.717, 1.165) is 11.3 Å². The molecule has 1 aromatic heterocycles. The Morgan fingerprint density at radius 2 is 2.29 bits per heavy atom. The number of carbonyl (C=O) groups is 1. The number of carbonyl (C=O) groups excluding carboxylic acids is 1. The minimum absolute atomic E-state index is 0.144. The van der Waals surface area contributed by atoms with Crippen molar-refractivity contribution in [1.82, 2.24) is 15.5 Å². The molecule has 0 fully saturated rings. The van der Waals surface area contributed by atoms with Gasteiger partial charge < -0.3 is 11.1 Å². The van der Waals surface area contributed by atoms with Crippen molar-refractivity contribution in [2.24, 2.45) is 0 Å². The Labute approximate surface area is 99.0 Å². The van der Waals surface area contributed by atoms with Crippen LogP contribution in [0.1, 0.15) is 21.6 Å². The summed E-state index contributed by atoms with van der Waals surface area (Å²) in [6.45, 7) is 2.33. The number of H-pyrrole nitrogens is 1. The van der Waals surface area contributed by atoms with Gasteiger partial charge in [-0.05, 0) is 36.8 Å². The van der Waals surface area contributed by atoms with Gasteiger partial charge in [0.05, 0.1) is 12.2 Å². The molecule has 88 valence electrons. The minimum atomic E-state index is -0.144. The van der Waals surface area contributed by atoms with Crippen LogP contribution < -0.4 is 11.1 Å². The van der Waals surface area contributed by atoms with Crippen molar-refractivity contribution in [3.05, 3.63) is 47.3 Å². The molecule has 0 radical (unpaired) electrons. The number of nitrogen functional groups attached to an aromatic ring is 1. The van der Waals surface area contributed by atoms with Crippen molar-refractivity contribution in [2.75, 3.05) is 5.73 Å². The molecule has 0 spiro atoms. The fourth-order valence-corrected chi connectivity index (χ4v) is 1.60. The molecular weight excluding hydrogens is 216 g/mol. The summed E-state index contributed by atoms with van der Waals surface area (Å²) < 4.78 is 0. The average Bonchev–Trinajstić information content (AvgIpc) is 2.77. The number of benzene rings is 1. The normalized spacial score (nSPS) is 10.2. The van der Waals surface area contributed by atoms with Crippen LogP contribution in [0.2, 0.25) is 0 Å². The van der Waals surface area contributed by atoms with Gasteiger partial charge >= 0.3 is 0 Å². The van der Waals surface area contributed by atoms with Gasteiger partial charge in [0.2, 0.25) is 0 Å². The smallest absolute Gasteiger partial charge is 0.251 e. The van der Waals surface area contributed by atoms with Crippen molar-refractivity contribution >= 4 is 11.6 Å². The maximum atomic E-state index is 11.8. The first-order chi connectivity index (χ1) is 8.15. The van der Waals surface area contributed by atoms with Crippen molar-refractivity contribution < 1.29 is 4.79 Å². The first kappa shape index (κ1) is 11.2. The summed E-state index contributed by atoms with van der Waals surface area (Å²) in [4.78, 5) is 11.8. The molecule has 0 saturated carbocycles. The second-order valence-electron chi connectivity index (χ2n) is 3.90. The van der Waals surface area contributed by atoms with Crippen LogP contribution in [-0.2, 0) is 6.54 Å². The predicted molar refractivity (Wildman–Crippen MR) is 65.3 cm³/mol. The van der Waals surface area contributed by atoms with E-state index in [1.807, 2.05) is 19.1 Å². The zero-order valence-corrected chi connectivity index (χ0v) is 9.53. The highest BCUT2D eigenvalue weighted by atomic mass is 16.1. The number of rotatable bonds is 3. The molecule has 4 N–H and O–H groups in total. The zero-order chi connectivity index (χ0) is 12.3. The summed E-state index contributed by atoms with van der Waals surface area (Å²) in [7, 11) is 0. The lowest BCUT2D eigenvalue weighted by atomic mass is 10.1. The molecule has 17 heavy (non-hydrogen) atoms. The van der Waals surface area contributed by atoms with E-state index in [-0.39, 0.29) is 5.91 Å². The van der Waals surface area contributed by atoms with Crippen LogP contribution in [0, 0.1) is 6.92 Å². The van der Waals surface area contributed by atoms with Crippen LogP contribution in [-0.4, -0.2) is 16.1 Å². The monoisotopic (exact) mass is 230 g/mol. The molecule has 0 aliphatic rings. The minimum Gasteiger partial charge on any atom is -0.399 e. The molecule has 2 aromatic rings. The number of nitrogens with one attached hydrogen (secondary N) is 2. The maximum absolute atomic E-state index is 11.8. The number of nitrogens with two attached hydrogens (primary N) is 1. The number of aryl methyl sites for hydroxylation is 1. The maximum Gasteiger partial charge on any atom is 0.251 e. The zero-order valence-electron chi connectivity index (χ0n) is 9.53. The van der Waals surface area contributed by atoms with E-state index in [0.29, 0.717) is 17.8 Å². The number of nitrogens with zero attached hydrogens (tertiary/aromatic N) is 1. The number of aromatic nitrogens is 2. The summed E-state index contributed by atoms with van der Waals surface area (Å²) in [5.41, 5.74) is 8.69. The topological polar surface area (TPSA) is 83.8 Å². The van der Waals surface area contributed by atoms with Crippen LogP contribution in [0.3, 0.4) is 0 Å². The third-order valence-electron chi connectivity index (χ3n) is 2.36. The molecule has 2 rings (SSSR count). The number of hydrogen-bond donors (Lipinski definition) is 3. The van der Waals surface area contributed by atoms with E-state index < -0.39 is 0 Å². The number of hydrogen-bond acceptors (Lipinski definition) is 3. The molecule has 0 unspecified atom stereocenters. The van der Waals surface area contributed by atoms with Crippen molar-refractivity contribution in [2.45, 2.75) is 13.5 Å². The molecule has 0 bridgehead atoms. The Bertz CT molecular complexity index is 499. The highest BCUT2D eigenvalue weighted by molar-refractivity contribution is 5.95. The van der Waals surface area contributed by atoms with Gasteiger partial charge in [-0.2, -0.15) is 5.10 Å². The van der Waals surface area contributed by atoms with Crippen LogP contribution in [0.15, 0.2) is 30.5 Å². The fraction of sp³-hybridized carbons (Fsp3) is 0.167. The van der Waals surface area contributed by atoms with Gasteiger partial charge in [0.25, 0.3) is 5.91 Å². The Hall–Kier alpha value is -2.30. The SMILES string of the molecule is Cc1cc(N)cc(C(=O)NCc2ccn[nH]2)c1. The van der Waals surface area contributed by atoms with Crippen LogP contribution >= 0.6 is 0 Å². The highest BCUT2D eigenvalue weighted by Crippen LogP contribution is 2.11. The molecule has 1 heterocycles. The van der Waals surface area contributed by atoms with E-state index in [9.17, 15) is 4.79 Å². The molecule has 0 saturated heterocycles.